The molecule has 1 unspecified atom stereocenters. The summed E-state index contributed by atoms with van der Waals surface area (Å²) in [5.74, 6) is 0.278. The zero-order chi connectivity index (χ0) is 16.1. The molecule has 1 aromatic rings. The highest BCUT2D eigenvalue weighted by atomic mass is 16.7. The van der Waals surface area contributed by atoms with Crippen LogP contribution in [0.25, 0.3) is 0 Å². The minimum absolute atomic E-state index is 0.191. The summed E-state index contributed by atoms with van der Waals surface area (Å²) in [5, 5.41) is 9.11. The molecule has 0 spiro atoms. The highest BCUT2D eigenvalue weighted by Gasteiger charge is 2.28. The maximum absolute atomic E-state index is 11.1. The lowest BCUT2D eigenvalue weighted by Crippen LogP contribution is -2.39. The number of hydrogen-bond donors (Lipinski definition) is 1. The molecular weight excluding hydrogens is 294 g/mol. The van der Waals surface area contributed by atoms with Crippen LogP contribution in [0.3, 0.4) is 0 Å². The first-order valence-corrected chi connectivity index (χ1v) is 8.16. The van der Waals surface area contributed by atoms with E-state index in [1.165, 1.54) is 5.56 Å². The average Bonchev–Trinajstić information content (AvgIpc) is 3.10. The first-order valence-electron chi connectivity index (χ1n) is 8.16. The summed E-state index contributed by atoms with van der Waals surface area (Å²) in [6, 6.07) is 10.4. The van der Waals surface area contributed by atoms with E-state index in [0.29, 0.717) is 6.79 Å². The van der Waals surface area contributed by atoms with Gasteiger partial charge in [-0.1, -0.05) is 30.3 Å². The van der Waals surface area contributed by atoms with Gasteiger partial charge in [0.25, 0.3) is 0 Å². The molecule has 1 atom stereocenters. The molecule has 0 radical (unpaired) electrons. The molecule has 124 valence electrons. The van der Waals surface area contributed by atoms with Crippen molar-refractivity contribution in [3.05, 3.63) is 47.9 Å². The topological polar surface area (TPSA) is 59.0 Å². The van der Waals surface area contributed by atoms with Gasteiger partial charge in [-0.15, -0.1) is 0 Å². The summed E-state index contributed by atoms with van der Waals surface area (Å²) in [6.45, 7) is 2.82. The number of hydrogen-bond acceptors (Lipinski definition) is 4. The molecule has 23 heavy (non-hydrogen) atoms. The van der Waals surface area contributed by atoms with E-state index in [9.17, 15) is 4.79 Å². The lowest BCUT2D eigenvalue weighted by molar-refractivity contribution is -0.143. The summed E-state index contributed by atoms with van der Waals surface area (Å²) in [7, 11) is 0. The van der Waals surface area contributed by atoms with Crippen molar-refractivity contribution in [2.24, 2.45) is 11.8 Å². The van der Waals surface area contributed by atoms with Crippen LogP contribution in [0.15, 0.2) is 42.4 Å². The van der Waals surface area contributed by atoms with Gasteiger partial charge >= 0.3 is 5.97 Å². The van der Waals surface area contributed by atoms with Gasteiger partial charge in [0.15, 0.2) is 0 Å². The molecule has 0 aromatic heterocycles. The maximum Gasteiger partial charge on any atom is 0.306 e. The molecule has 0 aliphatic carbocycles. The zero-order valence-electron chi connectivity index (χ0n) is 13.2. The zero-order valence-corrected chi connectivity index (χ0v) is 13.2. The minimum atomic E-state index is -0.666. The Morgan fingerprint density at radius 2 is 2.00 bits per heavy atom. The van der Waals surface area contributed by atoms with Gasteiger partial charge in [0.2, 0.25) is 6.79 Å². The lowest BCUT2D eigenvalue weighted by atomic mass is 9.93. The number of rotatable bonds is 6. The number of benzene rings is 1. The van der Waals surface area contributed by atoms with Crippen LogP contribution in [-0.2, 0) is 20.7 Å². The molecule has 1 saturated heterocycles. The normalized spacial score (nSPS) is 20.4. The first-order chi connectivity index (χ1) is 11.2. The van der Waals surface area contributed by atoms with Crippen molar-refractivity contribution in [1.29, 1.82) is 0 Å². The summed E-state index contributed by atoms with van der Waals surface area (Å²) in [5.41, 5.74) is 1.27. The van der Waals surface area contributed by atoms with Crippen molar-refractivity contribution in [2.75, 3.05) is 26.4 Å². The molecular formula is C18H23NO4. The van der Waals surface area contributed by atoms with Crippen LogP contribution in [0.1, 0.15) is 18.4 Å². The predicted octanol–water partition coefficient (Wildman–Crippen LogP) is 2.49. The third-order valence-electron chi connectivity index (χ3n) is 4.64. The monoisotopic (exact) mass is 317 g/mol. The number of aliphatic carboxylic acids is 1. The summed E-state index contributed by atoms with van der Waals surface area (Å²) in [6.07, 6.45) is 4.07. The van der Waals surface area contributed by atoms with Crippen LogP contribution in [0.4, 0.5) is 0 Å². The van der Waals surface area contributed by atoms with Gasteiger partial charge in [-0.25, -0.2) is 0 Å². The third kappa shape index (κ3) is 4.26. The molecule has 5 heteroatoms. The van der Waals surface area contributed by atoms with Gasteiger partial charge in [0.05, 0.1) is 5.92 Å². The summed E-state index contributed by atoms with van der Waals surface area (Å²) >= 11 is 0. The summed E-state index contributed by atoms with van der Waals surface area (Å²) < 4.78 is 10.8. The van der Waals surface area contributed by atoms with Crippen LogP contribution in [0.2, 0.25) is 0 Å². The second-order valence-corrected chi connectivity index (χ2v) is 6.25. The first kappa shape index (κ1) is 15.9. The predicted molar refractivity (Wildman–Crippen MR) is 85.6 cm³/mol. The van der Waals surface area contributed by atoms with E-state index < -0.39 is 5.97 Å². The number of carboxylic acid groups (broad SMARTS) is 1. The van der Waals surface area contributed by atoms with E-state index >= 15 is 0 Å². The van der Waals surface area contributed by atoms with Crippen molar-refractivity contribution in [1.82, 2.24) is 4.90 Å². The van der Waals surface area contributed by atoms with Gasteiger partial charge in [0, 0.05) is 12.5 Å². The molecule has 2 heterocycles. The van der Waals surface area contributed by atoms with Crippen LogP contribution >= 0.6 is 0 Å². The van der Waals surface area contributed by atoms with E-state index in [2.05, 4.69) is 17.0 Å². The molecule has 1 fully saturated rings. The standard InChI is InChI=1S/C18H23NO4/c20-18(21)15-6-8-19(9-7-15)11-16(17-12-22-13-23-17)10-14-4-2-1-3-5-14/h1-5,12,15-16H,6-11,13H2,(H,20,21). The van der Waals surface area contributed by atoms with Crippen LogP contribution in [0, 0.1) is 11.8 Å². The lowest BCUT2D eigenvalue weighted by Gasteiger charge is -2.32. The molecule has 5 nitrogen and oxygen atoms in total. The largest absolute Gasteiger partial charge is 0.481 e. The van der Waals surface area contributed by atoms with E-state index in [1.54, 1.807) is 6.26 Å². The second kappa shape index (κ2) is 7.51. The maximum atomic E-state index is 11.1. The van der Waals surface area contributed by atoms with E-state index in [1.807, 2.05) is 18.2 Å². The molecule has 0 amide bonds. The van der Waals surface area contributed by atoms with Crippen LogP contribution in [-0.4, -0.2) is 42.4 Å². The van der Waals surface area contributed by atoms with E-state index in [-0.39, 0.29) is 11.8 Å². The van der Waals surface area contributed by atoms with Crippen molar-refractivity contribution >= 4 is 5.97 Å². The Morgan fingerprint density at radius 1 is 1.26 bits per heavy atom. The van der Waals surface area contributed by atoms with Crippen molar-refractivity contribution in [3.8, 4) is 0 Å². The van der Waals surface area contributed by atoms with Gasteiger partial charge in [0.1, 0.15) is 12.0 Å². The number of carboxylic acids is 1. The molecule has 1 aromatic carbocycles. The van der Waals surface area contributed by atoms with Gasteiger partial charge < -0.3 is 19.5 Å². The number of piperidine rings is 1. The van der Waals surface area contributed by atoms with Gasteiger partial charge in [-0.2, -0.15) is 0 Å². The van der Waals surface area contributed by atoms with E-state index in [4.69, 9.17) is 14.6 Å². The highest BCUT2D eigenvalue weighted by Crippen LogP contribution is 2.25. The van der Waals surface area contributed by atoms with Crippen molar-refractivity contribution < 1.29 is 19.4 Å². The molecule has 0 bridgehead atoms. The van der Waals surface area contributed by atoms with Gasteiger partial charge in [-0.05, 0) is 37.9 Å². The van der Waals surface area contributed by atoms with E-state index in [0.717, 1.165) is 44.7 Å². The minimum Gasteiger partial charge on any atom is -0.481 e. The Labute approximate surface area is 136 Å². The summed E-state index contributed by atoms with van der Waals surface area (Å²) in [4.78, 5) is 13.4. The number of likely N-dealkylation sites (tertiary alicyclic amines) is 1. The number of carbonyl (C=O) groups is 1. The fourth-order valence-electron chi connectivity index (χ4n) is 3.29. The quantitative estimate of drug-likeness (QED) is 0.873. The smallest absolute Gasteiger partial charge is 0.306 e. The third-order valence-corrected chi connectivity index (χ3v) is 4.64. The Kier molecular flexibility index (Phi) is 5.18. The SMILES string of the molecule is O=C(O)C1CCN(CC(Cc2ccccc2)C2=COCO2)CC1. The Balaban J connectivity index is 1.61. The Hall–Kier alpha value is -2.01. The molecule has 1 N–H and O–H groups in total. The number of ether oxygens (including phenoxy) is 2. The highest BCUT2D eigenvalue weighted by molar-refractivity contribution is 5.70. The van der Waals surface area contributed by atoms with Crippen LogP contribution < -0.4 is 0 Å². The molecule has 2 aliphatic rings. The molecule has 0 saturated carbocycles. The Morgan fingerprint density at radius 3 is 2.61 bits per heavy atom. The molecule has 3 rings (SSSR count). The number of nitrogens with zero attached hydrogens (tertiary/aromatic N) is 1. The van der Waals surface area contributed by atoms with Crippen molar-refractivity contribution in [3.63, 3.8) is 0 Å². The molecule has 2 aliphatic heterocycles. The average molecular weight is 317 g/mol. The Bertz CT molecular complexity index is 549. The van der Waals surface area contributed by atoms with Gasteiger partial charge in [-0.3, -0.25) is 4.79 Å². The van der Waals surface area contributed by atoms with Crippen molar-refractivity contribution in [2.45, 2.75) is 19.3 Å². The van der Waals surface area contributed by atoms with Crippen LogP contribution in [0.5, 0.6) is 0 Å². The second-order valence-electron chi connectivity index (χ2n) is 6.25. The fourth-order valence-corrected chi connectivity index (χ4v) is 3.29. The fraction of sp³-hybridized carbons (Fsp3) is 0.500.